The van der Waals surface area contributed by atoms with Crippen molar-refractivity contribution < 1.29 is 22.8 Å². The summed E-state index contributed by atoms with van der Waals surface area (Å²) in [6.45, 7) is 0. The van der Waals surface area contributed by atoms with Crippen LogP contribution in [0.5, 0.6) is 0 Å². The quantitative estimate of drug-likeness (QED) is 0.731. The fourth-order valence-corrected chi connectivity index (χ4v) is 4.12. The lowest BCUT2D eigenvalue weighted by atomic mass is 10.2. The highest BCUT2D eigenvalue weighted by molar-refractivity contribution is 8.01. The summed E-state index contributed by atoms with van der Waals surface area (Å²) in [5, 5.41) is 4.55. The number of carbonyl (C=O) groups is 2. The second kappa shape index (κ2) is 7.63. The Kier molecular flexibility index (Phi) is 5.47. The Bertz CT molecular complexity index is 843. The highest BCUT2D eigenvalue weighted by Gasteiger charge is 2.31. The zero-order valence-corrected chi connectivity index (χ0v) is 14.8. The third kappa shape index (κ3) is 4.73. The van der Waals surface area contributed by atoms with E-state index in [9.17, 15) is 22.8 Å². The highest BCUT2D eigenvalue weighted by Crippen LogP contribution is 2.41. The van der Waals surface area contributed by atoms with Gasteiger partial charge in [-0.15, -0.1) is 11.8 Å². The number of thioether (sulfide) groups is 2. The Morgan fingerprint density at radius 2 is 1.85 bits per heavy atom. The molecule has 0 aromatic heterocycles. The molecule has 1 atom stereocenters. The number of fused-ring (bicyclic) bond motifs is 1. The zero-order valence-electron chi connectivity index (χ0n) is 13.2. The molecule has 0 spiro atoms. The predicted molar refractivity (Wildman–Crippen MR) is 96.3 cm³/mol. The van der Waals surface area contributed by atoms with E-state index in [1.165, 1.54) is 36.0 Å². The second-order valence-electron chi connectivity index (χ2n) is 5.39. The van der Waals surface area contributed by atoms with Crippen LogP contribution in [0.4, 0.5) is 24.5 Å². The van der Waals surface area contributed by atoms with Crippen molar-refractivity contribution in [1.82, 2.24) is 0 Å². The molecule has 3 rings (SSSR count). The van der Waals surface area contributed by atoms with Gasteiger partial charge in [-0.05, 0) is 36.0 Å². The lowest BCUT2D eigenvalue weighted by Crippen LogP contribution is -2.32. The van der Waals surface area contributed by atoms with Crippen LogP contribution in [0.15, 0.2) is 58.3 Å². The van der Waals surface area contributed by atoms with E-state index >= 15 is 0 Å². The monoisotopic (exact) mass is 398 g/mol. The fourth-order valence-electron chi connectivity index (χ4n) is 2.38. The van der Waals surface area contributed by atoms with E-state index in [1.807, 2.05) is 12.1 Å². The number of halogens is 3. The average Bonchev–Trinajstić information content (AvgIpc) is 2.56. The minimum absolute atomic E-state index is 0.0708. The van der Waals surface area contributed by atoms with Crippen molar-refractivity contribution in [3.05, 3.63) is 48.5 Å². The van der Waals surface area contributed by atoms with Crippen molar-refractivity contribution in [3.63, 3.8) is 0 Å². The number of hydrogen-bond donors (Lipinski definition) is 2. The standard InChI is InChI=1S/C17H13F3N2O2S2/c18-17(19,20)26-13-8-4-2-6-11(13)21-15(23)9-14-16(24)22-10-5-1-3-7-12(10)25-14/h1-8,14H,9H2,(H,21,23)(H,22,24)/t14-/m0/s1. The van der Waals surface area contributed by atoms with E-state index in [-0.39, 0.29) is 34.7 Å². The molecule has 2 amide bonds. The largest absolute Gasteiger partial charge is 0.446 e. The molecular formula is C17H13F3N2O2S2. The summed E-state index contributed by atoms with van der Waals surface area (Å²) in [7, 11) is 0. The SMILES string of the molecule is O=C(C[C@@H]1Sc2ccccc2NC1=O)Nc1ccccc1SC(F)(F)F. The number of benzene rings is 2. The molecule has 9 heteroatoms. The van der Waals surface area contributed by atoms with Gasteiger partial charge in [-0.3, -0.25) is 9.59 Å². The van der Waals surface area contributed by atoms with Crippen LogP contribution < -0.4 is 10.6 Å². The van der Waals surface area contributed by atoms with Gasteiger partial charge in [-0.2, -0.15) is 13.2 Å². The van der Waals surface area contributed by atoms with Crippen molar-refractivity contribution in [3.8, 4) is 0 Å². The summed E-state index contributed by atoms with van der Waals surface area (Å²) in [5.41, 5.74) is -3.70. The zero-order chi connectivity index (χ0) is 18.7. The number of amides is 2. The van der Waals surface area contributed by atoms with Crippen molar-refractivity contribution in [2.24, 2.45) is 0 Å². The molecular weight excluding hydrogens is 385 g/mol. The van der Waals surface area contributed by atoms with E-state index in [1.54, 1.807) is 12.1 Å². The molecule has 1 aliphatic rings. The number of rotatable bonds is 4. The van der Waals surface area contributed by atoms with Crippen molar-refractivity contribution in [2.75, 3.05) is 10.6 Å². The van der Waals surface area contributed by atoms with Crippen LogP contribution >= 0.6 is 23.5 Å². The van der Waals surface area contributed by atoms with Gasteiger partial charge in [0.15, 0.2) is 0 Å². The predicted octanol–water partition coefficient (Wildman–Crippen LogP) is 4.74. The number of alkyl halides is 3. The van der Waals surface area contributed by atoms with Crippen molar-refractivity contribution >= 4 is 46.7 Å². The molecule has 0 fully saturated rings. The summed E-state index contributed by atoms with van der Waals surface area (Å²) in [4.78, 5) is 25.1. The molecule has 0 bridgehead atoms. The molecule has 2 aromatic rings. The van der Waals surface area contributed by atoms with Gasteiger partial charge >= 0.3 is 5.51 Å². The molecule has 2 aromatic carbocycles. The van der Waals surface area contributed by atoms with Gasteiger partial charge in [0, 0.05) is 16.2 Å². The van der Waals surface area contributed by atoms with Gasteiger partial charge in [0.25, 0.3) is 0 Å². The van der Waals surface area contributed by atoms with Crippen LogP contribution in [-0.2, 0) is 9.59 Å². The molecule has 0 unspecified atom stereocenters. The first kappa shape index (κ1) is 18.7. The van der Waals surface area contributed by atoms with E-state index in [0.717, 1.165) is 4.90 Å². The summed E-state index contributed by atoms with van der Waals surface area (Å²) in [6.07, 6.45) is -0.143. The van der Waals surface area contributed by atoms with Crippen molar-refractivity contribution in [1.29, 1.82) is 0 Å². The summed E-state index contributed by atoms with van der Waals surface area (Å²) in [5.74, 6) is -0.825. The second-order valence-corrected chi connectivity index (χ2v) is 7.74. The average molecular weight is 398 g/mol. The molecule has 26 heavy (non-hydrogen) atoms. The molecule has 4 nitrogen and oxygen atoms in total. The molecule has 136 valence electrons. The first-order valence-corrected chi connectivity index (χ1v) is 9.22. The van der Waals surface area contributed by atoms with E-state index in [2.05, 4.69) is 10.6 Å². The van der Waals surface area contributed by atoms with Crippen LogP contribution in [0.25, 0.3) is 0 Å². The van der Waals surface area contributed by atoms with Crippen molar-refractivity contribution in [2.45, 2.75) is 27.0 Å². The van der Waals surface area contributed by atoms with Crippen LogP contribution in [0, 0.1) is 0 Å². The highest BCUT2D eigenvalue weighted by atomic mass is 32.2. The maximum Gasteiger partial charge on any atom is 0.446 e. The van der Waals surface area contributed by atoms with E-state index < -0.39 is 16.7 Å². The van der Waals surface area contributed by atoms with Gasteiger partial charge in [-0.25, -0.2) is 0 Å². The van der Waals surface area contributed by atoms with Gasteiger partial charge in [0.1, 0.15) is 0 Å². The molecule has 0 aliphatic carbocycles. The molecule has 1 aliphatic heterocycles. The Balaban J connectivity index is 1.68. The van der Waals surface area contributed by atoms with Crippen LogP contribution in [0.2, 0.25) is 0 Å². The fraction of sp³-hybridized carbons (Fsp3) is 0.176. The number of anilines is 2. The Morgan fingerprint density at radius 3 is 2.62 bits per heavy atom. The maximum atomic E-state index is 12.6. The summed E-state index contributed by atoms with van der Waals surface area (Å²) >= 11 is 0.968. The van der Waals surface area contributed by atoms with Crippen LogP contribution in [0.3, 0.4) is 0 Å². The van der Waals surface area contributed by atoms with Crippen LogP contribution in [-0.4, -0.2) is 22.6 Å². The van der Waals surface area contributed by atoms with Gasteiger partial charge in [-0.1, -0.05) is 24.3 Å². The minimum Gasteiger partial charge on any atom is -0.325 e. The van der Waals surface area contributed by atoms with Crippen LogP contribution in [0.1, 0.15) is 6.42 Å². The normalized spacial score (nSPS) is 16.6. The summed E-state index contributed by atoms with van der Waals surface area (Å²) < 4.78 is 37.9. The third-order valence-corrected chi connectivity index (χ3v) is 5.55. The lowest BCUT2D eigenvalue weighted by Gasteiger charge is -2.23. The van der Waals surface area contributed by atoms with Gasteiger partial charge in [0.2, 0.25) is 11.8 Å². The first-order chi connectivity index (χ1) is 12.3. The topological polar surface area (TPSA) is 58.2 Å². The third-order valence-electron chi connectivity index (χ3n) is 3.46. The number of hydrogen-bond acceptors (Lipinski definition) is 4. The number of para-hydroxylation sites is 2. The molecule has 2 N–H and O–H groups in total. The minimum atomic E-state index is -4.45. The van der Waals surface area contributed by atoms with E-state index in [4.69, 9.17) is 0 Å². The molecule has 0 radical (unpaired) electrons. The molecule has 1 heterocycles. The first-order valence-electron chi connectivity index (χ1n) is 7.53. The molecule has 0 saturated heterocycles. The summed E-state index contributed by atoms with van der Waals surface area (Å²) in [6, 6.07) is 12.9. The number of nitrogens with one attached hydrogen (secondary N) is 2. The number of carbonyl (C=O) groups excluding carboxylic acids is 2. The van der Waals surface area contributed by atoms with E-state index in [0.29, 0.717) is 5.69 Å². The Labute approximate surface area is 155 Å². The Hall–Kier alpha value is -2.13. The van der Waals surface area contributed by atoms with Gasteiger partial charge in [0.05, 0.1) is 16.6 Å². The maximum absolute atomic E-state index is 12.6. The Morgan fingerprint density at radius 1 is 1.15 bits per heavy atom. The molecule has 0 saturated carbocycles. The lowest BCUT2D eigenvalue weighted by molar-refractivity contribution is -0.120. The smallest absolute Gasteiger partial charge is 0.325 e. The van der Waals surface area contributed by atoms with Gasteiger partial charge < -0.3 is 10.6 Å².